The lowest BCUT2D eigenvalue weighted by molar-refractivity contribution is 0.0979. The largest absolute Gasteiger partial charge is 0.308 e. The summed E-state index contributed by atoms with van der Waals surface area (Å²) in [6.45, 7) is 1.31. The molecule has 1 aromatic carbocycles. The van der Waals surface area contributed by atoms with Crippen LogP contribution in [0.25, 0.3) is 10.2 Å². The minimum atomic E-state index is -0.129. The molecule has 0 aliphatic rings. The summed E-state index contributed by atoms with van der Waals surface area (Å²) >= 11 is 4.99. The van der Waals surface area contributed by atoms with Crippen LogP contribution < -0.4 is 4.90 Å². The summed E-state index contributed by atoms with van der Waals surface area (Å²) < 4.78 is 3.68. The van der Waals surface area contributed by atoms with Crippen LogP contribution >= 0.6 is 39.7 Å². The van der Waals surface area contributed by atoms with Gasteiger partial charge in [0.05, 0.1) is 10.2 Å². The molecule has 0 saturated carbocycles. The summed E-state index contributed by atoms with van der Waals surface area (Å²) in [5, 5.41) is 4.93. The van der Waals surface area contributed by atoms with Crippen molar-refractivity contribution in [2.45, 2.75) is 0 Å². The van der Waals surface area contributed by atoms with Gasteiger partial charge in [0.25, 0.3) is 5.91 Å². The molecular weight excluding hydrogens is 426 g/mol. The number of nitrogens with zero attached hydrogens (tertiary/aromatic N) is 5. The number of hydrogen-bond acceptors (Lipinski definition) is 5. The number of aromatic nitrogens is 3. The third-order valence-corrected chi connectivity index (χ3v) is 5.05. The van der Waals surface area contributed by atoms with Gasteiger partial charge in [-0.3, -0.25) is 14.4 Å². The van der Waals surface area contributed by atoms with Crippen molar-refractivity contribution in [3.05, 3.63) is 40.6 Å². The molecular formula is C16H19BrClN5OS. The first kappa shape index (κ1) is 19.8. The van der Waals surface area contributed by atoms with E-state index < -0.39 is 0 Å². The lowest BCUT2D eigenvalue weighted by atomic mass is 10.3. The van der Waals surface area contributed by atoms with Crippen molar-refractivity contribution in [2.75, 3.05) is 32.1 Å². The Balaban J connectivity index is 0.00000225. The molecule has 0 saturated heterocycles. The minimum Gasteiger partial charge on any atom is -0.308 e. The monoisotopic (exact) mass is 443 g/mol. The molecule has 3 aromatic rings. The van der Waals surface area contributed by atoms with Crippen molar-refractivity contribution in [1.29, 1.82) is 0 Å². The zero-order chi connectivity index (χ0) is 17.3. The maximum atomic E-state index is 12.9. The van der Waals surface area contributed by atoms with Crippen molar-refractivity contribution in [3.63, 3.8) is 0 Å². The summed E-state index contributed by atoms with van der Waals surface area (Å²) in [5.74, 6) is -0.129. The molecule has 0 aliphatic carbocycles. The second-order valence-corrected chi connectivity index (χ2v) is 7.67. The molecule has 1 amide bonds. The van der Waals surface area contributed by atoms with Crippen LogP contribution in [-0.4, -0.2) is 52.8 Å². The number of halogens is 2. The molecule has 0 N–H and O–H groups in total. The van der Waals surface area contributed by atoms with E-state index in [4.69, 9.17) is 0 Å². The highest BCUT2D eigenvalue weighted by atomic mass is 79.9. The van der Waals surface area contributed by atoms with Gasteiger partial charge < -0.3 is 4.90 Å². The Bertz CT molecular complexity index is 878. The first-order chi connectivity index (χ1) is 11.4. The average molecular weight is 445 g/mol. The van der Waals surface area contributed by atoms with Gasteiger partial charge in [-0.25, -0.2) is 4.98 Å². The number of carbonyl (C=O) groups is 1. The fourth-order valence-electron chi connectivity index (χ4n) is 2.25. The van der Waals surface area contributed by atoms with Crippen LogP contribution in [0.2, 0.25) is 0 Å². The van der Waals surface area contributed by atoms with Crippen molar-refractivity contribution in [3.8, 4) is 0 Å². The highest BCUT2D eigenvalue weighted by molar-refractivity contribution is 9.10. The van der Waals surface area contributed by atoms with Gasteiger partial charge in [-0.05, 0) is 38.4 Å². The van der Waals surface area contributed by atoms with Crippen molar-refractivity contribution < 1.29 is 4.79 Å². The van der Waals surface area contributed by atoms with Crippen molar-refractivity contribution in [1.82, 2.24) is 19.7 Å². The molecule has 0 spiro atoms. The molecule has 2 aromatic heterocycles. The fraction of sp³-hybridized carbons (Fsp3) is 0.312. The Morgan fingerprint density at radius 2 is 2.04 bits per heavy atom. The van der Waals surface area contributed by atoms with Crippen LogP contribution in [0, 0.1) is 0 Å². The summed E-state index contributed by atoms with van der Waals surface area (Å²) in [7, 11) is 5.77. The van der Waals surface area contributed by atoms with Gasteiger partial charge in [-0.15, -0.1) is 12.4 Å². The highest BCUT2D eigenvalue weighted by Crippen LogP contribution is 2.31. The zero-order valence-electron chi connectivity index (χ0n) is 14.1. The van der Waals surface area contributed by atoms with Gasteiger partial charge in [0.2, 0.25) is 0 Å². The zero-order valence-corrected chi connectivity index (χ0v) is 17.4. The molecule has 0 aliphatic heterocycles. The maximum absolute atomic E-state index is 12.9. The Morgan fingerprint density at radius 1 is 1.28 bits per heavy atom. The van der Waals surface area contributed by atoms with E-state index in [1.54, 1.807) is 28.9 Å². The number of hydrogen-bond donors (Lipinski definition) is 0. The lowest BCUT2D eigenvalue weighted by Gasteiger charge is -2.21. The number of anilines is 1. The van der Waals surface area contributed by atoms with Crippen molar-refractivity contribution in [2.24, 2.45) is 7.05 Å². The van der Waals surface area contributed by atoms with Gasteiger partial charge in [-0.1, -0.05) is 27.3 Å². The Hall–Kier alpha value is -1.48. The number of amides is 1. The summed E-state index contributed by atoms with van der Waals surface area (Å²) in [4.78, 5) is 21.3. The van der Waals surface area contributed by atoms with E-state index >= 15 is 0 Å². The standard InChI is InChI=1S/C16H18BrN5OS.ClH/c1-20(2)8-9-22(15(23)13-6-7-21(3)19-13)16-18-12-5-4-11(17)10-14(12)24-16;/h4-7,10H,8-9H2,1-3H3;1H. The van der Waals surface area contributed by atoms with Crippen LogP contribution in [0.1, 0.15) is 10.5 Å². The maximum Gasteiger partial charge on any atom is 0.280 e. The van der Waals surface area contributed by atoms with Crippen molar-refractivity contribution >= 4 is 60.9 Å². The molecule has 134 valence electrons. The molecule has 0 atom stereocenters. The van der Waals surface area contributed by atoms with Gasteiger partial charge in [0.1, 0.15) is 0 Å². The molecule has 6 nitrogen and oxygen atoms in total. The van der Waals surface area contributed by atoms with E-state index in [9.17, 15) is 4.79 Å². The summed E-state index contributed by atoms with van der Waals surface area (Å²) in [6.07, 6.45) is 1.77. The van der Waals surface area contributed by atoms with Crippen LogP contribution in [0.5, 0.6) is 0 Å². The van der Waals surface area contributed by atoms with Crippen LogP contribution in [0.15, 0.2) is 34.9 Å². The Morgan fingerprint density at radius 3 is 2.68 bits per heavy atom. The van der Waals surface area contributed by atoms with E-state index in [0.717, 1.165) is 21.2 Å². The van der Waals surface area contributed by atoms with Gasteiger partial charge in [0, 0.05) is 30.8 Å². The molecule has 25 heavy (non-hydrogen) atoms. The Kier molecular flexibility index (Phi) is 6.56. The van der Waals surface area contributed by atoms with E-state index in [2.05, 4.69) is 26.0 Å². The SMILES string of the molecule is CN(C)CCN(C(=O)c1ccn(C)n1)c1nc2ccc(Br)cc2s1.Cl. The normalized spacial score (nSPS) is 10.9. The lowest BCUT2D eigenvalue weighted by Crippen LogP contribution is -2.37. The number of thiazole rings is 1. The fourth-order valence-corrected chi connectivity index (χ4v) is 3.80. The number of benzene rings is 1. The number of carbonyl (C=O) groups excluding carboxylic acids is 1. The third-order valence-electron chi connectivity index (χ3n) is 3.52. The van der Waals surface area contributed by atoms with Gasteiger partial charge in [-0.2, -0.15) is 5.10 Å². The van der Waals surface area contributed by atoms with E-state index in [1.165, 1.54) is 11.3 Å². The highest BCUT2D eigenvalue weighted by Gasteiger charge is 2.23. The molecule has 0 unspecified atom stereocenters. The molecule has 2 heterocycles. The van der Waals surface area contributed by atoms with Gasteiger partial charge in [0.15, 0.2) is 10.8 Å². The predicted octanol–water partition coefficient (Wildman–Crippen LogP) is 3.42. The van der Waals surface area contributed by atoms with Crippen LogP contribution in [-0.2, 0) is 7.05 Å². The topological polar surface area (TPSA) is 54.3 Å². The smallest absolute Gasteiger partial charge is 0.280 e. The first-order valence-electron chi connectivity index (χ1n) is 7.46. The second-order valence-electron chi connectivity index (χ2n) is 5.74. The number of fused-ring (bicyclic) bond motifs is 1. The summed E-state index contributed by atoms with van der Waals surface area (Å²) in [5.41, 5.74) is 1.32. The van der Waals surface area contributed by atoms with E-state index in [-0.39, 0.29) is 18.3 Å². The molecule has 3 rings (SSSR count). The first-order valence-corrected chi connectivity index (χ1v) is 9.07. The molecule has 0 fully saturated rings. The van der Waals surface area contributed by atoms with Crippen LogP contribution in [0.4, 0.5) is 5.13 Å². The molecule has 0 radical (unpaired) electrons. The Labute approximate surface area is 165 Å². The number of likely N-dealkylation sites (N-methyl/N-ethyl adjacent to an activating group) is 1. The van der Waals surface area contributed by atoms with E-state index in [1.807, 2.05) is 37.2 Å². The average Bonchev–Trinajstić information content (AvgIpc) is 3.12. The number of aryl methyl sites for hydroxylation is 1. The molecule has 9 heteroatoms. The van der Waals surface area contributed by atoms with Crippen LogP contribution in [0.3, 0.4) is 0 Å². The van der Waals surface area contributed by atoms with E-state index in [0.29, 0.717) is 17.4 Å². The molecule has 0 bridgehead atoms. The van der Waals surface area contributed by atoms with Gasteiger partial charge >= 0.3 is 0 Å². The minimum absolute atomic E-state index is 0. The quantitative estimate of drug-likeness (QED) is 0.605. The summed E-state index contributed by atoms with van der Waals surface area (Å²) in [6, 6.07) is 7.66. The number of rotatable bonds is 5. The predicted molar refractivity (Wildman–Crippen MR) is 108 cm³/mol. The second kappa shape index (κ2) is 8.27. The third kappa shape index (κ3) is 4.58.